The number of carbonyl (C=O) groups is 4. The number of amides is 3. The normalized spacial score (nSPS) is 19.6. The molecule has 1 aliphatic rings. The maximum Gasteiger partial charge on any atom is 0.326 e. The average molecular weight is 465 g/mol. The molecule has 5 unspecified atom stereocenters. The molecule has 0 bridgehead atoms. The van der Waals surface area contributed by atoms with Gasteiger partial charge in [-0.15, -0.1) is 0 Å². The number of hydrogen-bond donors (Lipinski definition) is 5. The lowest BCUT2D eigenvalue weighted by atomic mass is 9.97. The van der Waals surface area contributed by atoms with Gasteiger partial charge in [0.25, 0.3) is 0 Å². The second-order valence-corrected chi connectivity index (χ2v) is 9.01. The Morgan fingerprint density at radius 1 is 1.27 bits per heavy atom. The van der Waals surface area contributed by atoms with Gasteiger partial charge >= 0.3 is 5.97 Å². The van der Waals surface area contributed by atoms with Gasteiger partial charge in [-0.05, 0) is 24.7 Å². The highest BCUT2D eigenvalue weighted by atomic mass is 16.4. The van der Waals surface area contributed by atoms with Crippen molar-refractivity contribution in [1.29, 1.82) is 0 Å². The second kappa shape index (κ2) is 11.8. The average Bonchev–Trinajstić information content (AvgIpc) is 3.46. The number of H-pyrrole nitrogens is 1. The first-order chi connectivity index (χ1) is 15.6. The molecule has 0 spiro atoms. The lowest BCUT2D eigenvalue weighted by molar-refractivity contribution is -0.145. The Balaban J connectivity index is 2.10. The Morgan fingerprint density at radius 3 is 2.52 bits per heavy atom. The number of rotatable bonds is 11. The van der Waals surface area contributed by atoms with E-state index in [1.165, 1.54) is 17.4 Å². The maximum atomic E-state index is 13.3. The van der Waals surface area contributed by atoms with Crippen LogP contribution in [-0.4, -0.2) is 74.4 Å². The molecule has 11 heteroatoms. The molecule has 6 N–H and O–H groups in total. The Kier molecular flexibility index (Phi) is 9.39. The minimum absolute atomic E-state index is 0.0407. The van der Waals surface area contributed by atoms with Crippen molar-refractivity contribution in [3.05, 3.63) is 18.2 Å². The van der Waals surface area contributed by atoms with E-state index >= 15 is 0 Å². The molecular weight excluding hydrogens is 428 g/mol. The van der Waals surface area contributed by atoms with Crippen LogP contribution in [0.5, 0.6) is 0 Å². The maximum absolute atomic E-state index is 13.3. The summed E-state index contributed by atoms with van der Waals surface area (Å²) in [5.41, 5.74) is 6.60. The van der Waals surface area contributed by atoms with Gasteiger partial charge in [0.05, 0.1) is 12.4 Å². The van der Waals surface area contributed by atoms with Gasteiger partial charge in [0, 0.05) is 24.9 Å². The molecule has 1 fully saturated rings. The molecule has 2 rings (SSSR count). The molecule has 1 aliphatic heterocycles. The Hall–Kier alpha value is -2.95. The summed E-state index contributed by atoms with van der Waals surface area (Å²) in [7, 11) is 0. The molecule has 1 saturated heterocycles. The Morgan fingerprint density at radius 2 is 1.97 bits per heavy atom. The van der Waals surface area contributed by atoms with E-state index < -0.39 is 42.0 Å². The number of nitrogens with two attached hydrogens (primary N) is 1. The predicted molar refractivity (Wildman–Crippen MR) is 121 cm³/mol. The number of aliphatic carboxylic acids is 1. The number of aromatic nitrogens is 2. The van der Waals surface area contributed by atoms with E-state index in [9.17, 15) is 24.3 Å². The van der Waals surface area contributed by atoms with Gasteiger partial charge in [0.1, 0.15) is 18.1 Å². The molecule has 11 nitrogen and oxygen atoms in total. The fourth-order valence-electron chi connectivity index (χ4n) is 3.84. The summed E-state index contributed by atoms with van der Waals surface area (Å²) in [6, 6.07) is -3.53. The zero-order valence-corrected chi connectivity index (χ0v) is 19.7. The van der Waals surface area contributed by atoms with Crippen molar-refractivity contribution >= 4 is 23.7 Å². The topological polar surface area (TPSA) is 171 Å². The van der Waals surface area contributed by atoms with Crippen molar-refractivity contribution in [1.82, 2.24) is 25.5 Å². The van der Waals surface area contributed by atoms with Crippen LogP contribution in [0.25, 0.3) is 0 Å². The zero-order chi connectivity index (χ0) is 24.7. The number of hydrogen-bond acceptors (Lipinski definition) is 6. The van der Waals surface area contributed by atoms with Crippen molar-refractivity contribution in [2.24, 2.45) is 17.6 Å². The summed E-state index contributed by atoms with van der Waals surface area (Å²) >= 11 is 0. The summed E-state index contributed by atoms with van der Waals surface area (Å²) in [6.07, 6.45) is 4.72. The van der Waals surface area contributed by atoms with E-state index in [4.69, 9.17) is 5.73 Å². The lowest BCUT2D eigenvalue weighted by Gasteiger charge is -2.32. The van der Waals surface area contributed by atoms with Gasteiger partial charge in [-0.3, -0.25) is 14.4 Å². The fraction of sp³-hybridized carbons (Fsp3) is 0.682. The van der Waals surface area contributed by atoms with Crippen molar-refractivity contribution in [2.45, 2.75) is 77.5 Å². The van der Waals surface area contributed by atoms with Crippen LogP contribution in [0.4, 0.5) is 0 Å². The molecule has 184 valence electrons. The predicted octanol–water partition coefficient (Wildman–Crippen LogP) is 0.0268. The van der Waals surface area contributed by atoms with E-state index in [-0.39, 0.29) is 24.2 Å². The van der Waals surface area contributed by atoms with Gasteiger partial charge in [0.2, 0.25) is 17.7 Å². The van der Waals surface area contributed by atoms with Crippen LogP contribution in [0.3, 0.4) is 0 Å². The second-order valence-electron chi connectivity index (χ2n) is 9.01. The smallest absolute Gasteiger partial charge is 0.326 e. The monoisotopic (exact) mass is 464 g/mol. The van der Waals surface area contributed by atoms with Gasteiger partial charge in [0.15, 0.2) is 0 Å². The number of carbonyl (C=O) groups excluding carboxylic acids is 3. The molecule has 0 aromatic carbocycles. The SMILES string of the molecule is CCC(C)C(N)C(=O)NC(C(=O)N1CCCC1C(=O)NC(Cc1cnc[nH]1)C(=O)O)C(C)C. The summed E-state index contributed by atoms with van der Waals surface area (Å²) in [4.78, 5) is 58.7. The first-order valence-electron chi connectivity index (χ1n) is 11.4. The number of aromatic amines is 1. The Labute approximate surface area is 193 Å². The molecule has 1 aromatic rings. The lowest BCUT2D eigenvalue weighted by Crippen LogP contribution is -2.58. The van der Waals surface area contributed by atoms with Gasteiger partial charge in [-0.25, -0.2) is 9.78 Å². The number of likely N-dealkylation sites (tertiary alicyclic amines) is 1. The van der Waals surface area contributed by atoms with Crippen LogP contribution in [0.2, 0.25) is 0 Å². The summed E-state index contributed by atoms with van der Waals surface area (Å²) in [6.45, 7) is 7.79. The first kappa shape index (κ1) is 26.3. The van der Waals surface area contributed by atoms with E-state index in [2.05, 4.69) is 20.6 Å². The highest BCUT2D eigenvalue weighted by Gasteiger charge is 2.40. The molecule has 33 heavy (non-hydrogen) atoms. The summed E-state index contributed by atoms with van der Waals surface area (Å²) in [5.74, 6) is -2.74. The molecule has 1 aromatic heterocycles. The largest absolute Gasteiger partial charge is 0.480 e. The summed E-state index contributed by atoms with van der Waals surface area (Å²) < 4.78 is 0. The highest BCUT2D eigenvalue weighted by molar-refractivity contribution is 5.94. The molecule has 0 radical (unpaired) electrons. The minimum atomic E-state index is -1.18. The van der Waals surface area contributed by atoms with Gasteiger partial charge < -0.3 is 31.4 Å². The third-order valence-electron chi connectivity index (χ3n) is 6.22. The van der Waals surface area contributed by atoms with Crippen LogP contribution in [0.15, 0.2) is 12.5 Å². The summed E-state index contributed by atoms with van der Waals surface area (Å²) in [5, 5.41) is 14.8. The van der Waals surface area contributed by atoms with Crippen LogP contribution in [-0.2, 0) is 25.6 Å². The quantitative estimate of drug-likeness (QED) is 0.307. The van der Waals surface area contributed by atoms with Crippen LogP contribution >= 0.6 is 0 Å². The number of nitrogens with zero attached hydrogens (tertiary/aromatic N) is 2. The van der Waals surface area contributed by atoms with Crippen LogP contribution in [0, 0.1) is 11.8 Å². The zero-order valence-electron chi connectivity index (χ0n) is 19.7. The van der Waals surface area contributed by atoms with Crippen molar-refractivity contribution in [3.8, 4) is 0 Å². The standard InChI is InChI=1S/C22H36N6O5/c1-5-13(4)17(23)20(30)27-18(12(2)3)21(31)28-8-6-7-16(28)19(29)26-15(22(32)33)9-14-10-24-11-25-14/h10-13,15-18H,5-9,23H2,1-4H3,(H,24,25)(H,26,29)(H,27,30)(H,32,33). The fourth-order valence-corrected chi connectivity index (χ4v) is 3.84. The van der Waals surface area contributed by atoms with E-state index in [1.54, 1.807) is 0 Å². The molecule has 0 aliphatic carbocycles. The minimum Gasteiger partial charge on any atom is -0.480 e. The Bertz CT molecular complexity index is 827. The number of carboxylic acid groups (broad SMARTS) is 1. The van der Waals surface area contributed by atoms with Crippen molar-refractivity contribution < 1.29 is 24.3 Å². The number of imidazole rings is 1. The molecule has 2 heterocycles. The molecular formula is C22H36N6O5. The van der Waals surface area contributed by atoms with E-state index in [1.807, 2.05) is 27.7 Å². The van der Waals surface area contributed by atoms with Crippen LogP contribution in [0.1, 0.15) is 52.7 Å². The third kappa shape index (κ3) is 6.77. The van der Waals surface area contributed by atoms with Gasteiger partial charge in [-0.2, -0.15) is 0 Å². The van der Waals surface area contributed by atoms with E-state index in [0.717, 1.165) is 6.42 Å². The van der Waals surface area contributed by atoms with Crippen molar-refractivity contribution in [2.75, 3.05) is 6.54 Å². The highest BCUT2D eigenvalue weighted by Crippen LogP contribution is 2.21. The number of nitrogens with one attached hydrogen (secondary N) is 3. The third-order valence-corrected chi connectivity index (χ3v) is 6.22. The van der Waals surface area contributed by atoms with Crippen LogP contribution < -0.4 is 16.4 Å². The van der Waals surface area contributed by atoms with Crippen molar-refractivity contribution in [3.63, 3.8) is 0 Å². The first-order valence-corrected chi connectivity index (χ1v) is 11.4. The number of carboxylic acids is 1. The molecule has 3 amide bonds. The van der Waals surface area contributed by atoms with Gasteiger partial charge in [-0.1, -0.05) is 34.1 Å². The molecule has 5 atom stereocenters. The molecule has 0 saturated carbocycles. The van der Waals surface area contributed by atoms with E-state index in [0.29, 0.717) is 25.1 Å².